The number of nitrogens with zero attached hydrogens (tertiary/aromatic N) is 3. The second-order valence-corrected chi connectivity index (χ2v) is 26.9. The maximum Gasteiger partial charge on any atom is 0.335 e. The molecule has 6 aromatic rings. The van der Waals surface area contributed by atoms with Gasteiger partial charge in [0.1, 0.15) is 11.8 Å². The molecule has 12 amide bonds. The van der Waals surface area contributed by atoms with Crippen LogP contribution in [0.3, 0.4) is 0 Å². The summed E-state index contributed by atoms with van der Waals surface area (Å²) in [4.78, 5) is 152. The van der Waals surface area contributed by atoms with E-state index in [1.165, 1.54) is 41.1 Å². The number of anilines is 5. The number of carboxylic acid groups (broad SMARTS) is 4. The topological polar surface area (TPSA) is 514 Å². The van der Waals surface area contributed by atoms with E-state index in [2.05, 4.69) is 84.7 Å². The fourth-order valence-electron chi connectivity index (χ4n) is 14.5. The maximum atomic E-state index is 16.3. The van der Waals surface area contributed by atoms with Gasteiger partial charge in [-0.3, -0.25) is 25.0 Å². The molecule has 10 rings (SSSR count). The monoisotopic (exact) mass is 1460 g/mol. The summed E-state index contributed by atoms with van der Waals surface area (Å²) >= 11 is 0. The number of unbranched alkanes of at least 4 members (excludes halogenated alkanes) is 1. The summed E-state index contributed by atoms with van der Waals surface area (Å²) < 4.78 is 1.43. The van der Waals surface area contributed by atoms with Crippen molar-refractivity contribution >= 4 is 94.3 Å². The van der Waals surface area contributed by atoms with E-state index >= 15 is 9.59 Å². The first-order valence-electron chi connectivity index (χ1n) is 34.9. The molecule has 4 aliphatic rings. The van der Waals surface area contributed by atoms with Crippen LogP contribution >= 0.6 is 0 Å². The Hall–Kier alpha value is -11.8. The SMILES string of the molecule is CCc1c2c(CC)c3c(CC)c1CNC(=O)Nc1ccc(C(=O)O)cc1NC(=O)C1(NCc4c(C)c(c(CCCNC(C)(O)Cn5cc(CCC(=O)NCCCC[C@H](N)C(=O)O)nn5)c5c4C(C)(C5)NC(=O)Nc4cc(C(=O)O)ccc41)CNC(=O)Nc1cc(C(=O)O)ccc1NC(=O)NC2)NC(=O)NC3. The zero-order chi connectivity index (χ0) is 76.5. The van der Waals surface area contributed by atoms with E-state index in [4.69, 9.17) is 10.8 Å². The van der Waals surface area contributed by atoms with Crippen LogP contribution in [0.15, 0.2) is 60.8 Å². The van der Waals surface area contributed by atoms with E-state index in [0.717, 1.165) is 29.3 Å². The number of nitrogens with two attached hydrogens (primary N) is 1. The van der Waals surface area contributed by atoms with Gasteiger partial charge in [0.25, 0.3) is 5.91 Å². The highest BCUT2D eigenvalue weighted by molar-refractivity contribution is 6.08. The summed E-state index contributed by atoms with van der Waals surface area (Å²) in [6.45, 7) is 10.0. The number of aliphatic hydroxyl groups is 1. The Morgan fingerprint density at radius 2 is 1.11 bits per heavy atom. The molecule has 4 atom stereocenters. The molecule has 6 bridgehead atoms. The molecule has 21 N–H and O–H groups in total. The Bertz CT molecular complexity index is 4540. The molecule has 0 saturated carbocycles. The van der Waals surface area contributed by atoms with E-state index in [9.17, 15) is 63.6 Å². The number of aliphatic carboxylic acids is 1. The van der Waals surface area contributed by atoms with Crippen molar-refractivity contribution in [2.75, 3.05) is 39.7 Å². The van der Waals surface area contributed by atoms with Gasteiger partial charge in [-0.05, 0) is 194 Å². The van der Waals surface area contributed by atoms with Crippen LogP contribution in [0.25, 0.3) is 0 Å². The van der Waals surface area contributed by atoms with E-state index in [1.54, 1.807) is 27.0 Å². The molecule has 106 heavy (non-hydrogen) atoms. The number of carbonyl (C=O) groups is 11. The van der Waals surface area contributed by atoms with Gasteiger partial charge in [-0.25, -0.2) is 43.0 Å². The highest BCUT2D eigenvalue weighted by atomic mass is 16.4. The lowest BCUT2D eigenvalue weighted by molar-refractivity contribution is -0.138. The van der Waals surface area contributed by atoms with Crippen molar-refractivity contribution in [1.82, 2.24) is 62.8 Å². The predicted molar refractivity (Wildman–Crippen MR) is 387 cm³/mol. The lowest BCUT2D eigenvalue weighted by Crippen LogP contribution is -2.64. The summed E-state index contributed by atoms with van der Waals surface area (Å²) in [6.07, 6.45) is 5.05. The number of aromatic carboxylic acids is 3. The number of aromatic nitrogens is 3. The first kappa shape index (κ1) is 76.9. The number of hydrogen-bond donors (Lipinski definition) is 20. The summed E-state index contributed by atoms with van der Waals surface area (Å²) in [6, 6.07) is 5.56. The highest BCUT2D eigenvalue weighted by Crippen LogP contribution is 2.48. The van der Waals surface area contributed by atoms with E-state index < -0.39 is 82.9 Å². The van der Waals surface area contributed by atoms with Gasteiger partial charge in [0, 0.05) is 70.3 Å². The van der Waals surface area contributed by atoms with Crippen LogP contribution in [0, 0.1) is 6.92 Å². The molecular formula is C72H88N18O16. The minimum atomic E-state index is -2.66. The van der Waals surface area contributed by atoms with Crippen molar-refractivity contribution in [3.05, 3.63) is 156 Å². The lowest BCUT2D eigenvalue weighted by Gasteiger charge is -2.46. The van der Waals surface area contributed by atoms with Crippen molar-refractivity contribution in [2.24, 2.45) is 5.73 Å². The largest absolute Gasteiger partial charge is 0.480 e. The highest BCUT2D eigenvalue weighted by Gasteiger charge is 2.49. The average molecular weight is 1460 g/mol. The molecular weight excluding hydrogens is 1370 g/mol. The Morgan fingerprint density at radius 1 is 0.594 bits per heavy atom. The van der Waals surface area contributed by atoms with Crippen LogP contribution in [0.4, 0.5) is 52.4 Å². The third-order valence-corrected chi connectivity index (χ3v) is 19.6. The van der Waals surface area contributed by atoms with E-state index in [1.807, 2.05) is 20.8 Å². The smallest absolute Gasteiger partial charge is 0.335 e. The number of rotatable bonds is 22. The van der Waals surface area contributed by atoms with Gasteiger partial charge in [-0.15, -0.1) is 5.10 Å². The Morgan fingerprint density at radius 3 is 1.67 bits per heavy atom. The predicted octanol–water partition coefficient (Wildman–Crippen LogP) is 5.51. The number of benzene rings is 5. The second kappa shape index (κ2) is 32.5. The molecule has 4 heterocycles. The quantitative estimate of drug-likeness (QED) is 0.0294. The van der Waals surface area contributed by atoms with Gasteiger partial charge in [-0.1, -0.05) is 32.1 Å². The summed E-state index contributed by atoms with van der Waals surface area (Å²) in [5.41, 5.74) is 6.07. The molecule has 3 aliphatic heterocycles. The first-order chi connectivity index (χ1) is 50.4. The van der Waals surface area contributed by atoms with Crippen molar-refractivity contribution in [3.8, 4) is 0 Å². The number of aryl methyl sites for hydroxylation is 1. The van der Waals surface area contributed by atoms with Gasteiger partial charge in [0.15, 0.2) is 0 Å². The molecule has 0 fully saturated rings. The molecule has 0 radical (unpaired) electrons. The number of fused-ring (bicyclic) bond motifs is 10. The number of carbonyl (C=O) groups excluding carboxylic acids is 7. The van der Waals surface area contributed by atoms with E-state index in [0.29, 0.717) is 106 Å². The Kier molecular flexibility index (Phi) is 23.6. The fourth-order valence-corrected chi connectivity index (χ4v) is 14.5. The normalized spacial score (nSPS) is 18.2. The van der Waals surface area contributed by atoms with Crippen molar-refractivity contribution in [2.45, 2.75) is 174 Å². The molecule has 1 aliphatic carbocycles. The van der Waals surface area contributed by atoms with Gasteiger partial charge >= 0.3 is 54.0 Å². The van der Waals surface area contributed by atoms with Gasteiger partial charge in [0.2, 0.25) is 11.6 Å². The Labute approximate surface area is 608 Å². The molecule has 34 nitrogen and oxygen atoms in total. The van der Waals surface area contributed by atoms with Crippen LogP contribution in [0.5, 0.6) is 0 Å². The van der Waals surface area contributed by atoms with E-state index in [-0.39, 0.29) is 135 Å². The average Bonchev–Trinajstić information content (AvgIpc) is 0.774. The number of carboxylic acids is 4. The number of urea groups is 5. The maximum absolute atomic E-state index is 16.3. The molecule has 34 heteroatoms. The van der Waals surface area contributed by atoms with Gasteiger partial charge in [0.05, 0.1) is 62.9 Å². The Balaban J connectivity index is 1.08. The number of hydrogen-bond acceptors (Lipinski definition) is 17. The van der Waals surface area contributed by atoms with Crippen LogP contribution in [-0.4, -0.2) is 131 Å². The first-order valence-corrected chi connectivity index (χ1v) is 34.9. The summed E-state index contributed by atoms with van der Waals surface area (Å²) in [5.74, 6) is -6.67. The third kappa shape index (κ3) is 17.2. The summed E-state index contributed by atoms with van der Waals surface area (Å²) in [7, 11) is 0. The van der Waals surface area contributed by atoms with Crippen LogP contribution in [-0.2, 0) is 103 Å². The second-order valence-electron chi connectivity index (χ2n) is 26.9. The van der Waals surface area contributed by atoms with Crippen molar-refractivity contribution < 1.29 is 78.3 Å². The zero-order valence-corrected chi connectivity index (χ0v) is 59.4. The van der Waals surface area contributed by atoms with Crippen LogP contribution in [0.1, 0.15) is 176 Å². The molecule has 1 aromatic heterocycles. The van der Waals surface area contributed by atoms with Crippen molar-refractivity contribution in [1.29, 1.82) is 0 Å². The molecule has 562 valence electrons. The third-order valence-electron chi connectivity index (χ3n) is 19.6. The number of nitrogens with one attached hydrogen (secondary N) is 14. The molecule has 3 unspecified atom stereocenters. The zero-order valence-electron chi connectivity index (χ0n) is 59.4. The standard InChI is InChI=1S/C72H88N18O16/c1-7-41-48-30-76-65(101)82-53-20-16-38(61(94)95)26-56(53)81-64(100)72-51-19-15-37(60(92)93)25-55(51)84-69(105)86-70(5)28-45-44(13-12-24-79-71(6,106)35-90-34-40(88-89-90)18-22-58(91)74-23-11-10-14-52(73)63(98)99)46(36(4)47(33-80-72)59(45)70)29-75-67(103)85-57-27-39(62(96)97)17-21-54(57)83-66(102)77-31-49(41)43(9-3)50(42(48)8-2)32-78-68(104)87-72/h15-17,19-21,25-27,34,52,79-80,106H,7-14,18,22-24,28-33,35,73H2,1-6H3,(H,74,91)(H,81,100)(H,92,93)(H,94,95)(H,96,97)(H,98,99)(H2,75,85,103)(H2,76,82,101)(H2,77,83,102)(H2,78,87,104)(H2,84,86,105)/t52-,70?,71?,72?/m0/s1. The summed E-state index contributed by atoms with van der Waals surface area (Å²) in [5, 5.41) is 101. The lowest BCUT2D eigenvalue weighted by atomic mass is 9.65. The van der Waals surface area contributed by atoms with Crippen LogP contribution in [0.2, 0.25) is 0 Å². The van der Waals surface area contributed by atoms with Gasteiger partial charge in [-0.2, -0.15) is 0 Å². The van der Waals surface area contributed by atoms with Gasteiger partial charge < -0.3 is 95.1 Å². The van der Waals surface area contributed by atoms with Crippen LogP contribution < -0.4 is 80.2 Å². The molecule has 0 saturated heterocycles. The number of amides is 12. The van der Waals surface area contributed by atoms with Crippen molar-refractivity contribution in [3.63, 3.8) is 0 Å². The molecule has 5 aromatic carbocycles. The molecule has 1 spiro atoms. The fraction of sp³-hybridized carbons (Fsp3) is 0.403. The minimum Gasteiger partial charge on any atom is -0.480 e. The minimum absolute atomic E-state index is 0.0147.